The van der Waals surface area contributed by atoms with Crippen LogP contribution in [-0.2, 0) is 65.4 Å². The lowest BCUT2D eigenvalue weighted by Crippen LogP contribution is -2.30. The highest BCUT2D eigenvalue weighted by Gasteiger charge is 2.30. The summed E-state index contributed by atoms with van der Waals surface area (Å²) < 4.78 is 68.4. The van der Waals surface area contributed by atoms with E-state index in [9.17, 15) is 43.2 Å². The molecule has 3 N–H and O–H groups in total. The van der Waals surface area contributed by atoms with Gasteiger partial charge in [-0.15, -0.1) is 0 Å². The van der Waals surface area contributed by atoms with Crippen molar-refractivity contribution in [1.82, 2.24) is 0 Å². The molecular weight excluding hydrogens is 1210 g/mol. The van der Waals surface area contributed by atoms with Gasteiger partial charge in [0.15, 0.2) is 12.2 Å². The third-order valence-electron chi connectivity index (χ3n) is 17.0. The first kappa shape index (κ1) is 90.1. The fraction of sp³-hybridized carbons (Fsp3) is 0.945. The number of hydrogen-bond donors (Lipinski definition) is 3. The van der Waals surface area contributed by atoms with Gasteiger partial charge in [-0.3, -0.25) is 37.3 Å². The number of rotatable bonds is 73. The SMILES string of the molecule is CCCCCCCCCCCCCCCCCCCCCC(=O)O[C@H](COC(=O)CCCCCCCCCCCC(C)C)COP(=O)(O)OC[C@@H](O)COP(=O)(O)OC[C@@H](COC(=O)CCCCCCCCCCCC)OC(=O)CCCCCCCCCCCCC. The number of esters is 4. The van der Waals surface area contributed by atoms with E-state index in [1.54, 1.807) is 0 Å². The fourth-order valence-electron chi connectivity index (χ4n) is 11.2. The molecule has 0 amide bonds. The number of ether oxygens (including phenoxy) is 4. The minimum absolute atomic E-state index is 0.107. The Morgan fingerprint density at radius 1 is 0.293 bits per heavy atom. The van der Waals surface area contributed by atoms with Gasteiger partial charge in [0.25, 0.3) is 0 Å². The Kier molecular flexibility index (Phi) is 64.9. The predicted octanol–water partition coefficient (Wildman–Crippen LogP) is 21.3. The molecular formula is C73H142O17P2. The Balaban J connectivity index is 5.20. The second-order valence-electron chi connectivity index (χ2n) is 26.8. The molecule has 546 valence electrons. The van der Waals surface area contributed by atoms with Crippen LogP contribution in [0.5, 0.6) is 0 Å². The lowest BCUT2D eigenvalue weighted by Gasteiger charge is -2.21. The van der Waals surface area contributed by atoms with E-state index in [1.165, 1.54) is 205 Å². The monoisotopic (exact) mass is 1350 g/mol. The number of unbranched alkanes of at least 4 members (excludes halogenated alkanes) is 45. The molecule has 0 spiro atoms. The first-order chi connectivity index (χ1) is 44.5. The minimum atomic E-state index is -4.95. The normalized spacial score (nSPS) is 14.0. The second kappa shape index (κ2) is 66.3. The molecule has 0 aliphatic heterocycles. The predicted molar refractivity (Wildman–Crippen MR) is 372 cm³/mol. The summed E-state index contributed by atoms with van der Waals surface area (Å²) in [7, 11) is -9.90. The van der Waals surface area contributed by atoms with Crippen molar-refractivity contribution in [3.05, 3.63) is 0 Å². The van der Waals surface area contributed by atoms with E-state index in [-0.39, 0.29) is 25.7 Å². The van der Waals surface area contributed by atoms with Crippen molar-refractivity contribution in [1.29, 1.82) is 0 Å². The van der Waals surface area contributed by atoms with E-state index in [0.29, 0.717) is 25.7 Å². The number of aliphatic hydroxyl groups excluding tert-OH is 1. The fourth-order valence-corrected chi connectivity index (χ4v) is 12.8. The first-order valence-corrected chi connectivity index (χ1v) is 41.1. The van der Waals surface area contributed by atoms with Crippen molar-refractivity contribution < 1.29 is 80.2 Å². The number of carbonyl (C=O) groups is 4. The van der Waals surface area contributed by atoms with Crippen molar-refractivity contribution in [2.45, 2.75) is 400 Å². The Labute approximate surface area is 562 Å². The highest BCUT2D eigenvalue weighted by molar-refractivity contribution is 7.47. The molecule has 0 aromatic carbocycles. The maximum absolute atomic E-state index is 13.0. The molecule has 0 radical (unpaired) electrons. The molecule has 0 fully saturated rings. The van der Waals surface area contributed by atoms with Gasteiger partial charge >= 0.3 is 39.5 Å². The molecule has 2 unspecified atom stereocenters. The summed E-state index contributed by atoms with van der Waals surface area (Å²) >= 11 is 0. The molecule has 0 aliphatic rings. The molecule has 92 heavy (non-hydrogen) atoms. The lowest BCUT2D eigenvalue weighted by molar-refractivity contribution is -0.161. The van der Waals surface area contributed by atoms with Crippen LogP contribution in [0.1, 0.15) is 381 Å². The number of hydrogen-bond acceptors (Lipinski definition) is 15. The lowest BCUT2D eigenvalue weighted by atomic mass is 10.0. The first-order valence-electron chi connectivity index (χ1n) is 38.1. The van der Waals surface area contributed by atoms with Crippen LogP contribution in [0.15, 0.2) is 0 Å². The molecule has 0 saturated heterocycles. The van der Waals surface area contributed by atoms with Gasteiger partial charge in [0.05, 0.1) is 26.4 Å². The molecule has 0 aliphatic carbocycles. The van der Waals surface area contributed by atoms with Gasteiger partial charge in [-0.1, -0.05) is 330 Å². The number of aliphatic hydroxyl groups is 1. The highest BCUT2D eigenvalue weighted by Crippen LogP contribution is 2.45. The molecule has 0 saturated carbocycles. The highest BCUT2D eigenvalue weighted by atomic mass is 31.2. The van der Waals surface area contributed by atoms with E-state index < -0.39 is 97.5 Å². The average Bonchev–Trinajstić information content (AvgIpc) is 2.82. The third kappa shape index (κ3) is 66.7. The quantitative estimate of drug-likeness (QED) is 0.0222. The Morgan fingerprint density at radius 3 is 0.739 bits per heavy atom. The van der Waals surface area contributed by atoms with Gasteiger partial charge in [0, 0.05) is 25.7 Å². The van der Waals surface area contributed by atoms with Crippen LogP contribution in [0.4, 0.5) is 0 Å². The molecule has 17 nitrogen and oxygen atoms in total. The molecule has 5 atom stereocenters. The van der Waals surface area contributed by atoms with Crippen LogP contribution in [-0.4, -0.2) is 96.7 Å². The zero-order valence-corrected chi connectivity index (χ0v) is 61.5. The average molecular weight is 1350 g/mol. The van der Waals surface area contributed by atoms with E-state index >= 15 is 0 Å². The number of carbonyl (C=O) groups excluding carboxylic acids is 4. The summed E-state index contributed by atoms with van der Waals surface area (Å²) in [4.78, 5) is 72.6. The summed E-state index contributed by atoms with van der Waals surface area (Å²) in [6.45, 7) is 7.24. The van der Waals surface area contributed by atoms with Gasteiger partial charge in [0.2, 0.25) is 0 Å². The van der Waals surface area contributed by atoms with Crippen LogP contribution in [0.2, 0.25) is 0 Å². The Hall–Kier alpha value is -1.94. The van der Waals surface area contributed by atoms with Crippen molar-refractivity contribution in [2.75, 3.05) is 39.6 Å². The van der Waals surface area contributed by atoms with Gasteiger partial charge in [0.1, 0.15) is 19.3 Å². The van der Waals surface area contributed by atoms with Crippen LogP contribution in [0, 0.1) is 5.92 Å². The smallest absolute Gasteiger partial charge is 0.462 e. The van der Waals surface area contributed by atoms with Crippen LogP contribution >= 0.6 is 15.6 Å². The van der Waals surface area contributed by atoms with E-state index in [1.807, 2.05) is 0 Å². The molecule has 0 bridgehead atoms. The van der Waals surface area contributed by atoms with Crippen LogP contribution < -0.4 is 0 Å². The van der Waals surface area contributed by atoms with Gasteiger partial charge in [-0.2, -0.15) is 0 Å². The van der Waals surface area contributed by atoms with Crippen LogP contribution in [0.3, 0.4) is 0 Å². The van der Waals surface area contributed by atoms with Crippen molar-refractivity contribution in [3.8, 4) is 0 Å². The standard InChI is InChI=1S/C73H142O17P2/c1-6-9-12-15-18-21-24-25-26-27-28-29-30-31-33-38-44-49-54-59-73(78)90-69(63-84-71(76)57-52-47-42-39-34-35-40-45-50-55-66(4)5)65-88-92(81,82)86-61-67(74)60-85-91(79,80)87-64-68(62-83-70(75)56-51-46-41-36-23-20-17-14-11-8-3)89-72(77)58-53-48-43-37-32-22-19-16-13-10-7-2/h66-69,74H,6-65H2,1-5H3,(H,79,80)(H,81,82)/t67-,68+,69+/m0/s1. The molecule has 19 heteroatoms. The zero-order valence-electron chi connectivity index (χ0n) is 59.7. The van der Waals surface area contributed by atoms with E-state index in [0.717, 1.165) is 95.8 Å². The van der Waals surface area contributed by atoms with E-state index in [4.69, 9.17) is 37.0 Å². The largest absolute Gasteiger partial charge is 0.472 e. The maximum atomic E-state index is 13.0. The third-order valence-corrected chi connectivity index (χ3v) is 18.9. The van der Waals surface area contributed by atoms with Crippen LogP contribution in [0.25, 0.3) is 0 Å². The Bertz CT molecular complexity index is 1770. The zero-order chi connectivity index (χ0) is 67.7. The summed E-state index contributed by atoms with van der Waals surface area (Å²) in [6, 6.07) is 0. The molecule has 0 aromatic rings. The second-order valence-corrected chi connectivity index (χ2v) is 29.7. The molecule has 0 heterocycles. The summed E-state index contributed by atoms with van der Waals surface area (Å²) in [5.41, 5.74) is 0. The summed E-state index contributed by atoms with van der Waals surface area (Å²) in [5.74, 6) is -1.37. The Morgan fingerprint density at radius 2 is 0.500 bits per heavy atom. The topological polar surface area (TPSA) is 237 Å². The van der Waals surface area contributed by atoms with Crippen molar-refractivity contribution in [3.63, 3.8) is 0 Å². The van der Waals surface area contributed by atoms with Crippen molar-refractivity contribution >= 4 is 39.5 Å². The van der Waals surface area contributed by atoms with Gasteiger partial charge < -0.3 is 33.8 Å². The number of phosphoric acid groups is 2. The van der Waals surface area contributed by atoms with Gasteiger partial charge in [-0.25, -0.2) is 9.13 Å². The van der Waals surface area contributed by atoms with Gasteiger partial charge in [-0.05, 0) is 31.6 Å². The number of phosphoric ester groups is 2. The summed E-state index contributed by atoms with van der Waals surface area (Å²) in [5, 5.41) is 10.6. The van der Waals surface area contributed by atoms with E-state index in [2.05, 4.69) is 34.6 Å². The summed E-state index contributed by atoms with van der Waals surface area (Å²) in [6.07, 6.45) is 54.1. The maximum Gasteiger partial charge on any atom is 0.472 e. The molecule has 0 aromatic heterocycles. The van der Waals surface area contributed by atoms with Crippen molar-refractivity contribution in [2.24, 2.45) is 5.92 Å². The molecule has 0 rings (SSSR count). The minimum Gasteiger partial charge on any atom is -0.462 e.